The van der Waals surface area contributed by atoms with E-state index in [1.165, 1.54) is 7.11 Å². The zero-order valence-corrected chi connectivity index (χ0v) is 13.3. The fourth-order valence-corrected chi connectivity index (χ4v) is 2.21. The van der Waals surface area contributed by atoms with E-state index in [0.29, 0.717) is 17.2 Å². The molecule has 0 aromatic heterocycles. The highest BCUT2D eigenvalue weighted by atomic mass is 79.9. The molecule has 21 heavy (non-hydrogen) atoms. The molecular weight excluding hydrogens is 336 g/mol. The van der Waals surface area contributed by atoms with Crippen molar-refractivity contribution >= 4 is 21.9 Å². The average molecular weight is 351 g/mol. The zero-order chi connectivity index (χ0) is 15.2. The Morgan fingerprint density at radius 3 is 2.57 bits per heavy atom. The van der Waals surface area contributed by atoms with Crippen LogP contribution in [-0.4, -0.2) is 20.2 Å². The molecule has 0 spiro atoms. The van der Waals surface area contributed by atoms with Crippen LogP contribution in [0, 0.1) is 0 Å². The van der Waals surface area contributed by atoms with E-state index in [-0.39, 0.29) is 12.4 Å². The summed E-state index contributed by atoms with van der Waals surface area (Å²) in [6, 6.07) is 12.8. The largest absolute Gasteiger partial charge is 0.497 e. The van der Waals surface area contributed by atoms with Crippen LogP contribution in [-0.2, 0) is 16.0 Å². The van der Waals surface area contributed by atoms with Crippen LogP contribution >= 0.6 is 15.9 Å². The second kappa shape index (κ2) is 7.13. The number of benzene rings is 2. The third kappa shape index (κ3) is 4.23. The van der Waals surface area contributed by atoms with Gasteiger partial charge in [0.25, 0.3) is 0 Å². The van der Waals surface area contributed by atoms with E-state index in [1.54, 1.807) is 13.2 Å². The number of carbonyl (C=O) groups excluding carboxylic acids is 1. The Labute approximate surface area is 131 Å². The minimum absolute atomic E-state index is 0.148. The van der Waals surface area contributed by atoms with Crippen LogP contribution in [0.15, 0.2) is 46.9 Å². The van der Waals surface area contributed by atoms with Crippen molar-refractivity contribution in [3.8, 4) is 17.2 Å². The standard InChI is InChI=1S/C16H15BrO4/c1-19-13-4-3-5-14(10-13)21-15-7-6-12(17)8-11(15)9-16(18)20-2/h3-8,10H,9H2,1-2H3. The smallest absolute Gasteiger partial charge is 0.310 e. The monoisotopic (exact) mass is 350 g/mol. The molecule has 0 unspecified atom stereocenters. The molecule has 0 amide bonds. The SMILES string of the molecule is COC(=O)Cc1cc(Br)ccc1Oc1cccc(OC)c1. The Kier molecular flexibility index (Phi) is 5.22. The highest BCUT2D eigenvalue weighted by Crippen LogP contribution is 2.30. The highest BCUT2D eigenvalue weighted by Gasteiger charge is 2.11. The van der Waals surface area contributed by atoms with Gasteiger partial charge in [0, 0.05) is 16.1 Å². The summed E-state index contributed by atoms with van der Waals surface area (Å²) in [6.45, 7) is 0. The summed E-state index contributed by atoms with van der Waals surface area (Å²) in [7, 11) is 2.96. The number of esters is 1. The summed E-state index contributed by atoms with van der Waals surface area (Å²) in [4.78, 5) is 11.5. The van der Waals surface area contributed by atoms with Crippen molar-refractivity contribution in [3.05, 3.63) is 52.5 Å². The van der Waals surface area contributed by atoms with Crippen LogP contribution in [0.3, 0.4) is 0 Å². The lowest BCUT2D eigenvalue weighted by Crippen LogP contribution is -2.05. The fraction of sp³-hybridized carbons (Fsp3) is 0.188. The van der Waals surface area contributed by atoms with Gasteiger partial charge >= 0.3 is 5.97 Å². The predicted octanol–water partition coefficient (Wildman–Crippen LogP) is 3.97. The minimum atomic E-state index is -0.316. The van der Waals surface area contributed by atoms with Crippen LogP contribution in [0.2, 0.25) is 0 Å². The molecule has 0 aliphatic rings. The molecule has 2 aromatic rings. The van der Waals surface area contributed by atoms with E-state index in [0.717, 1.165) is 10.0 Å². The molecule has 0 aliphatic heterocycles. The number of methoxy groups -OCH3 is 2. The van der Waals surface area contributed by atoms with Gasteiger partial charge in [-0.2, -0.15) is 0 Å². The summed E-state index contributed by atoms with van der Waals surface area (Å²) in [5.74, 6) is 1.64. The van der Waals surface area contributed by atoms with E-state index >= 15 is 0 Å². The molecule has 0 saturated heterocycles. The van der Waals surface area contributed by atoms with E-state index in [9.17, 15) is 4.79 Å². The summed E-state index contributed by atoms with van der Waals surface area (Å²) in [6.07, 6.45) is 0.148. The third-order valence-corrected chi connectivity index (χ3v) is 3.35. The molecule has 0 bridgehead atoms. The second-order valence-corrected chi connectivity index (χ2v) is 5.20. The molecule has 2 aromatic carbocycles. The molecule has 0 radical (unpaired) electrons. The van der Waals surface area contributed by atoms with Crippen LogP contribution in [0.1, 0.15) is 5.56 Å². The van der Waals surface area contributed by atoms with Crippen molar-refractivity contribution in [2.24, 2.45) is 0 Å². The summed E-state index contributed by atoms with van der Waals surface area (Å²) < 4.78 is 16.6. The molecule has 5 heteroatoms. The first-order valence-corrected chi connectivity index (χ1v) is 7.09. The van der Waals surface area contributed by atoms with Crippen LogP contribution in [0.25, 0.3) is 0 Å². The van der Waals surface area contributed by atoms with Gasteiger partial charge in [0.1, 0.15) is 17.2 Å². The number of ether oxygens (including phenoxy) is 3. The Morgan fingerprint density at radius 1 is 1.10 bits per heavy atom. The van der Waals surface area contributed by atoms with Gasteiger partial charge in [0.2, 0.25) is 0 Å². The van der Waals surface area contributed by atoms with Gasteiger partial charge in [-0.05, 0) is 30.3 Å². The zero-order valence-electron chi connectivity index (χ0n) is 11.8. The van der Waals surface area contributed by atoms with Crippen LogP contribution in [0.4, 0.5) is 0 Å². The Bertz CT molecular complexity index is 640. The van der Waals surface area contributed by atoms with Crippen molar-refractivity contribution < 1.29 is 19.0 Å². The van der Waals surface area contributed by atoms with Crippen LogP contribution < -0.4 is 9.47 Å². The first kappa shape index (κ1) is 15.4. The van der Waals surface area contributed by atoms with Gasteiger partial charge < -0.3 is 14.2 Å². The molecule has 0 N–H and O–H groups in total. The number of hydrogen-bond donors (Lipinski definition) is 0. The molecule has 0 heterocycles. The van der Waals surface area contributed by atoms with Gasteiger partial charge in [-0.1, -0.05) is 22.0 Å². The van der Waals surface area contributed by atoms with Crippen molar-refractivity contribution in [3.63, 3.8) is 0 Å². The van der Waals surface area contributed by atoms with Crippen LogP contribution in [0.5, 0.6) is 17.2 Å². The molecule has 0 atom stereocenters. The summed E-state index contributed by atoms with van der Waals surface area (Å²) in [5.41, 5.74) is 0.749. The number of carbonyl (C=O) groups is 1. The maximum absolute atomic E-state index is 11.5. The lowest BCUT2D eigenvalue weighted by Gasteiger charge is -2.12. The minimum Gasteiger partial charge on any atom is -0.497 e. The lowest BCUT2D eigenvalue weighted by molar-refractivity contribution is -0.139. The Morgan fingerprint density at radius 2 is 1.86 bits per heavy atom. The Balaban J connectivity index is 2.27. The van der Waals surface area contributed by atoms with Gasteiger partial charge in [-0.3, -0.25) is 4.79 Å². The number of halogens is 1. The highest BCUT2D eigenvalue weighted by molar-refractivity contribution is 9.10. The third-order valence-electron chi connectivity index (χ3n) is 2.85. The molecule has 4 nitrogen and oxygen atoms in total. The summed E-state index contributed by atoms with van der Waals surface area (Å²) >= 11 is 3.39. The Hall–Kier alpha value is -2.01. The normalized spacial score (nSPS) is 10.0. The molecule has 0 saturated carbocycles. The van der Waals surface area contributed by atoms with E-state index in [1.807, 2.05) is 36.4 Å². The van der Waals surface area contributed by atoms with Gasteiger partial charge in [0.15, 0.2) is 0 Å². The number of rotatable bonds is 5. The second-order valence-electron chi connectivity index (χ2n) is 4.29. The fourth-order valence-electron chi connectivity index (χ4n) is 1.81. The lowest BCUT2D eigenvalue weighted by atomic mass is 10.1. The van der Waals surface area contributed by atoms with Crippen molar-refractivity contribution in [2.75, 3.05) is 14.2 Å². The molecule has 0 fully saturated rings. The van der Waals surface area contributed by atoms with Crippen molar-refractivity contribution in [2.45, 2.75) is 6.42 Å². The average Bonchev–Trinajstić information content (AvgIpc) is 2.50. The van der Waals surface area contributed by atoms with Gasteiger partial charge in [-0.25, -0.2) is 0 Å². The van der Waals surface area contributed by atoms with E-state index < -0.39 is 0 Å². The van der Waals surface area contributed by atoms with Gasteiger partial charge in [0.05, 0.1) is 20.6 Å². The topological polar surface area (TPSA) is 44.8 Å². The molecular formula is C16H15BrO4. The predicted molar refractivity (Wildman–Crippen MR) is 82.9 cm³/mol. The molecule has 0 aliphatic carbocycles. The quantitative estimate of drug-likeness (QED) is 0.765. The van der Waals surface area contributed by atoms with Crippen molar-refractivity contribution in [1.82, 2.24) is 0 Å². The molecule has 2 rings (SSSR count). The maximum Gasteiger partial charge on any atom is 0.310 e. The summed E-state index contributed by atoms with van der Waals surface area (Å²) in [5, 5.41) is 0. The van der Waals surface area contributed by atoms with E-state index in [2.05, 4.69) is 15.9 Å². The maximum atomic E-state index is 11.5. The first-order valence-electron chi connectivity index (χ1n) is 6.29. The molecule has 110 valence electrons. The van der Waals surface area contributed by atoms with Crippen molar-refractivity contribution in [1.29, 1.82) is 0 Å². The van der Waals surface area contributed by atoms with Gasteiger partial charge in [-0.15, -0.1) is 0 Å². The van der Waals surface area contributed by atoms with E-state index in [4.69, 9.17) is 14.2 Å². The first-order chi connectivity index (χ1) is 10.1. The number of hydrogen-bond acceptors (Lipinski definition) is 4.